The van der Waals surface area contributed by atoms with Crippen molar-refractivity contribution in [2.75, 3.05) is 30.0 Å². The van der Waals surface area contributed by atoms with Gasteiger partial charge >= 0.3 is 0 Å². The van der Waals surface area contributed by atoms with Crippen molar-refractivity contribution < 1.29 is 19.1 Å². The van der Waals surface area contributed by atoms with E-state index < -0.39 is 0 Å². The van der Waals surface area contributed by atoms with E-state index in [9.17, 15) is 9.59 Å². The second-order valence-electron chi connectivity index (χ2n) is 6.71. The topological polar surface area (TPSA) is 67.9 Å². The lowest BCUT2D eigenvalue weighted by atomic mass is 10.2. The van der Waals surface area contributed by atoms with Crippen LogP contribution in [0.25, 0.3) is 0 Å². The number of carbonyl (C=O) groups excluding carboxylic acids is 2. The quantitative estimate of drug-likeness (QED) is 0.883. The number of ether oxygens (including phenoxy) is 2. The van der Waals surface area contributed by atoms with Crippen molar-refractivity contribution in [1.82, 2.24) is 0 Å². The van der Waals surface area contributed by atoms with Crippen molar-refractivity contribution in [2.24, 2.45) is 11.8 Å². The minimum atomic E-state index is -0.288. The van der Waals surface area contributed by atoms with Gasteiger partial charge in [-0.15, -0.1) is 0 Å². The summed E-state index contributed by atoms with van der Waals surface area (Å²) in [5, 5.41) is 2.89. The minimum absolute atomic E-state index is 0.00558. The molecule has 0 aromatic heterocycles. The van der Waals surface area contributed by atoms with Gasteiger partial charge < -0.3 is 19.7 Å². The second kappa shape index (κ2) is 7.31. The number of amides is 2. The molecular weight excluding hydrogens is 344 g/mol. The van der Waals surface area contributed by atoms with Crippen LogP contribution in [0.4, 0.5) is 11.4 Å². The predicted molar refractivity (Wildman–Crippen MR) is 102 cm³/mol. The molecule has 0 bridgehead atoms. The lowest BCUT2D eigenvalue weighted by Gasteiger charge is -2.21. The van der Waals surface area contributed by atoms with E-state index in [1.807, 2.05) is 37.3 Å². The zero-order valence-electron chi connectivity index (χ0n) is 15.2. The molecule has 140 valence electrons. The van der Waals surface area contributed by atoms with Crippen LogP contribution in [0.3, 0.4) is 0 Å². The van der Waals surface area contributed by atoms with Gasteiger partial charge in [0.25, 0.3) is 0 Å². The van der Waals surface area contributed by atoms with Gasteiger partial charge in [0.1, 0.15) is 13.2 Å². The molecule has 1 fully saturated rings. The first-order valence-corrected chi connectivity index (χ1v) is 9.24. The van der Waals surface area contributed by atoms with Crippen molar-refractivity contribution in [3.05, 3.63) is 48.5 Å². The summed E-state index contributed by atoms with van der Waals surface area (Å²) in [7, 11) is 0. The van der Waals surface area contributed by atoms with Crippen molar-refractivity contribution in [1.29, 1.82) is 0 Å². The Morgan fingerprint density at radius 2 is 1.78 bits per heavy atom. The molecule has 27 heavy (non-hydrogen) atoms. The summed E-state index contributed by atoms with van der Waals surface area (Å²) < 4.78 is 11.0. The number of carbonyl (C=O) groups is 2. The van der Waals surface area contributed by atoms with Gasteiger partial charge in [0.2, 0.25) is 11.8 Å². The fourth-order valence-corrected chi connectivity index (χ4v) is 3.39. The lowest BCUT2D eigenvalue weighted by Crippen LogP contribution is -2.33. The Morgan fingerprint density at radius 3 is 2.52 bits per heavy atom. The van der Waals surface area contributed by atoms with Crippen LogP contribution in [-0.4, -0.2) is 31.6 Å². The van der Waals surface area contributed by atoms with E-state index in [1.54, 1.807) is 23.1 Å². The van der Waals surface area contributed by atoms with Gasteiger partial charge in [0.15, 0.2) is 11.5 Å². The molecule has 0 radical (unpaired) electrons. The minimum Gasteiger partial charge on any atom is -0.486 e. The molecule has 2 atom stereocenters. The van der Waals surface area contributed by atoms with Crippen LogP contribution < -0.4 is 19.7 Å². The van der Waals surface area contributed by atoms with Gasteiger partial charge in [-0.2, -0.15) is 0 Å². The molecule has 2 aromatic carbocycles. The van der Waals surface area contributed by atoms with Crippen molar-refractivity contribution in [3.8, 4) is 11.5 Å². The molecule has 4 rings (SSSR count). The fraction of sp³-hybridized carbons (Fsp3) is 0.333. The standard InChI is InChI=1S/C21H22N2O4/c1-2-23(15-6-4-3-5-7-15)21(25)17-13-16(17)20(24)22-14-8-9-18-19(12-14)27-11-10-26-18/h3-9,12,16-17H,2,10-11,13H2,1H3,(H,22,24). The Labute approximate surface area is 158 Å². The Hall–Kier alpha value is -3.02. The van der Waals surface area contributed by atoms with Crippen LogP contribution in [-0.2, 0) is 9.59 Å². The van der Waals surface area contributed by atoms with Crippen LogP contribution in [0.15, 0.2) is 48.5 Å². The summed E-state index contributed by atoms with van der Waals surface area (Å²) >= 11 is 0. The highest BCUT2D eigenvalue weighted by Crippen LogP contribution is 2.42. The van der Waals surface area contributed by atoms with Crippen molar-refractivity contribution in [2.45, 2.75) is 13.3 Å². The summed E-state index contributed by atoms with van der Waals surface area (Å²) in [6.45, 7) is 3.54. The molecule has 6 nitrogen and oxygen atoms in total. The normalized spacial score (nSPS) is 19.9. The van der Waals surface area contributed by atoms with Crippen molar-refractivity contribution >= 4 is 23.2 Å². The van der Waals surface area contributed by atoms with Crippen LogP contribution in [0.1, 0.15) is 13.3 Å². The summed E-state index contributed by atoms with van der Waals surface area (Å²) in [5.74, 6) is 0.634. The van der Waals surface area contributed by atoms with E-state index in [2.05, 4.69) is 5.32 Å². The number of fused-ring (bicyclic) bond motifs is 1. The summed E-state index contributed by atoms with van der Waals surface area (Å²) in [6, 6.07) is 14.9. The van der Waals surface area contributed by atoms with E-state index in [4.69, 9.17) is 9.47 Å². The Bertz CT molecular complexity index is 853. The van der Waals surface area contributed by atoms with E-state index in [0.717, 1.165) is 5.69 Å². The van der Waals surface area contributed by atoms with Crippen LogP contribution in [0.5, 0.6) is 11.5 Å². The van der Waals surface area contributed by atoms with Crippen LogP contribution in [0.2, 0.25) is 0 Å². The molecule has 1 heterocycles. The van der Waals surface area contributed by atoms with Crippen LogP contribution in [0, 0.1) is 11.8 Å². The highest BCUT2D eigenvalue weighted by molar-refractivity contribution is 6.04. The summed E-state index contributed by atoms with van der Waals surface area (Å²) in [4.78, 5) is 27.1. The van der Waals surface area contributed by atoms with Gasteiger partial charge in [-0.3, -0.25) is 9.59 Å². The Morgan fingerprint density at radius 1 is 1.04 bits per heavy atom. The van der Waals surface area contributed by atoms with Gasteiger partial charge in [-0.05, 0) is 37.6 Å². The van der Waals surface area contributed by atoms with E-state index in [0.29, 0.717) is 43.4 Å². The molecule has 2 amide bonds. The third kappa shape index (κ3) is 3.60. The first-order valence-electron chi connectivity index (χ1n) is 9.24. The number of para-hydroxylation sites is 1. The lowest BCUT2D eigenvalue weighted by molar-refractivity contribution is -0.123. The molecule has 2 unspecified atom stereocenters. The number of anilines is 2. The number of rotatable bonds is 5. The first-order chi connectivity index (χ1) is 13.2. The predicted octanol–water partition coefficient (Wildman–Crippen LogP) is 3.09. The van der Waals surface area contributed by atoms with Crippen LogP contribution >= 0.6 is 0 Å². The second-order valence-corrected chi connectivity index (χ2v) is 6.71. The van der Waals surface area contributed by atoms with Gasteiger partial charge in [-0.25, -0.2) is 0 Å². The number of nitrogens with one attached hydrogen (secondary N) is 1. The molecule has 0 spiro atoms. The molecule has 6 heteroatoms. The maximum atomic E-state index is 12.8. The first kappa shape index (κ1) is 17.4. The molecular formula is C21H22N2O4. The summed E-state index contributed by atoms with van der Waals surface area (Å²) in [6.07, 6.45) is 0.582. The Kier molecular flexibility index (Phi) is 4.71. The average Bonchev–Trinajstić information content (AvgIpc) is 3.50. The van der Waals surface area contributed by atoms with Gasteiger partial charge in [0, 0.05) is 24.0 Å². The number of hydrogen-bond donors (Lipinski definition) is 1. The fourth-order valence-electron chi connectivity index (χ4n) is 3.39. The third-order valence-corrected chi connectivity index (χ3v) is 4.90. The summed E-state index contributed by atoms with van der Waals surface area (Å²) in [5.41, 5.74) is 1.51. The SMILES string of the molecule is CCN(C(=O)C1CC1C(=O)Nc1ccc2c(c1)OCCO2)c1ccccc1. The molecule has 1 aliphatic carbocycles. The van der Waals surface area contributed by atoms with E-state index in [1.165, 1.54) is 0 Å². The molecule has 1 N–H and O–H groups in total. The van der Waals surface area contributed by atoms with Gasteiger partial charge in [0.05, 0.1) is 11.8 Å². The molecule has 2 aromatic rings. The molecule has 1 saturated carbocycles. The maximum Gasteiger partial charge on any atom is 0.230 e. The highest BCUT2D eigenvalue weighted by atomic mass is 16.6. The van der Waals surface area contributed by atoms with Crippen molar-refractivity contribution in [3.63, 3.8) is 0 Å². The monoisotopic (exact) mass is 366 g/mol. The Balaban J connectivity index is 1.39. The molecule has 2 aliphatic rings. The zero-order chi connectivity index (χ0) is 18.8. The molecule has 1 aliphatic heterocycles. The highest BCUT2D eigenvalue weighted by Gasteiger charge is 2.49. The number of hydrogen-bond acceptors (Lipinski definition) is 4. The maximum absolute atomic E-state index is 12.8. The van der Waals surface area contributed by atoms with Gasteiger partial charge in [-0.1, -0.05) is 18.2 Å². The third-order valence-electron chi connectivity index (χ3n) is 4.90. The molecule has 0 saturated heterocycles. The van der Waals surface area contributed by atoms with E-state index >= 15 is 0 Å². The number of benzene rings is 2. The zero-order valence-corrected chi connectivity index (χ0v) is 15.2. The van der Waals surface area contributed by atoms with E-state index in [-0.39, 0.29) is 23.7 Å². The number of nitrogens with zero attached hydrogens (tertiary/aromatic N) is 1. The largest absolute Gasteiger partial charge is 0.486 e. The average molecular weight is 366 g/mol. The smallest absolute Gasteiger partial charge is 0.230 e.